The van der Waals surface area contributed by atoms with Crippen LogP contribution in [-0.2, 0) is 0 Å². The van der Waals surface area contributed by atoms with Gasteiger partial charge in [-0.1, -0.05) is 12.1 Å². The van der Waals surface area contributed by atoms with Crippen molar-refractivity contribution in [1.82, 2.24) is 5.43 Å². The number of nitro benzene ring substituents is 1. The molecule has 0 heterocycles. The molecule has 0 saturated carbocycles. The fourth-order valence-electron chi connectivity index (χ4n) is 2.23. The number of carbonyl (C=O) groups excluding carboxylic acids is 1. The van der Waals surface area contributed by atoms with Crippen LogP contribution in [-0.4, -0.2) is 38.4 Å². The van der Waals surface area contributed by atoms with Crippen LogP contribution in [0.25, 0.3) is 0 Å². The van der Waals surface area contributed by atoms with Crippen molar-refractivity contribution in [2.75, 3.05) is 21.3 Å². The number of hydrazone groups is 1. The van der Waals surface area contributed by atoms with E-state index >= 15 is 0 Å². The maximum atomic E-state index is 12.2. The summed E-state index contributed by atoms with van der Waals surface area (Å²) in [6, 6.07) is 9.44. The van der Waals surface area contributed by atoms with Gasteiger partial charge < -0.3 is 14.2 Å². The van der Waals surface area contributed by atoms with Crippen molar-refractivity contribution in [3.8, 4) is 17.2 Å². The van der Waals surface area contributed by atoms with Gasteiger partial charge in [-0.25, -0.2) is 5.43 Å². The minimum atomic E-state index is -0.591. The van der Waals surface area contributed by atoms with E-state index in [0.29, 0.717) is 16.9 Å². The number of methoxy groups -OCH3 is 3. The zero-order chi connectivity index (χ0) is 19.1. The molecule has 0 radical (unpaired) electrons. The molecule has 0 saturated heterocycles. The minimum Gasteiger partial charge on any atom is -0.496 e. The van der Waals surface area contributed by atoms with Crippen molar-refractivity contribution < 1.29 is 23.9 Å². The van der Waals surface area contributed by atoms with Gasteiger partial charge >= 0.3 is 5.69 Å². The first-order valence-electron chi connectivity index (χ1n) is 7.38. The number of hydrogen-bond donors (Lipinski definition) is 1. The summed E-state index contributed by atoms with van der Waals surface area (Å²) in [7, 11) is 4.14. The Labute approximate surface area is 149 Å². The molecule has 2 rings (SSSR count). The van der Waals surface area contributed by atoms with Gasteiger partial charge in [0.25, 0.3) is 5.91 Å². The number of nitro groups is 1. The average molecular weight is 359 g/mol. The van der Waals surface area contributed by atoms with Crippen molar-refractivity contribution in [1.29, 1.82) is 0 Å². The van der Waals surface area contributed by atoms with Crippen LogP contribution < -0.4 is 19.6 Å². The SMILES string of the molecule is COc1ccccc1C(=O)N/N=C/c1cc(OC)c(OC)c([N+](=O)[O-])c1. The molecule has 0 aliphatic rings. The number of amides is 1. The number of hydrogen-bond acceptors (Lipinski definition) is 7. The lowest BCUT2D eigenvalue weighted by Crippen LogP contribution is -2.18. The highest BCUT2D eigenvalue weighted by Crippen LogP contribution is 2.37. The summed E-state index contributed by atoms with van der Waals surface area (Å²) in [6.45, 7) is 0. The molecule has 2 aromatic carbocycles. The van der Waals surface area contributed by atoms with Gasteiger partial charge in [-0.3, -0.25) is 14.9 Å². The maximum Gasteiger partial charge on any atom is 0.315 e. The lowest BCUT2D eigenvalue weighted by Gasteiger charge is -2.09. The van der Waals surface area contributed by atoms with E-state index in [1.165, 1.54) is 39.7 Å². The highest BCUT2D eigenvalue weighted by atomic mass is 16.6. The Morgan fingerprint density at radius 3 is 2.42 bits per heavy atom. The molecule has 136 valence electrons. The largest absolute Gasteiger partial charge is 0.496 e. The van der Waals surface area contributed by atoms with E-state index in [1.807, 2.05) is 0 Å². The number of nitrogens with zero attached hydrogens (tertiary/aromatic N) is 2. The van der Waals surface area contributed by atoms with E-state index in [1.54, 1.807) is 24.3 Å². The molecule has 0 aromatic heterocycles. The van der Waals surface area contributed by atoms with Crippen molar-refractivity contribution in [3.05, 3.63) is 57.6 Å². The van der Waals surface area contributed by atoms with Crippen LogP contribution in [0.1, 0.15) is 15.9 Å². The molecule has 9 nitrogen and oxygen atoms in total. The molecule has 0 fully saturated rings. The number of para-hydroxylation sites is 1. The number of rotatable bonds is 7. The summed E-state index contributed by atoms with van der Waals surface area (Å²) >= 11 is 0. The monoisotopic (exact) mass is 359 g/mol. The van der Waals surface area contributed by atoms with Crippen LogP contribution in [0, 0.1) is 10.1 Å². The van der Waals surface area contributed by atoms with E-state index in [9.17, 15) is 14.9 Å². The molecule has 0 atom stereocenters. The van der Waals surface area contributed by atoms with Gasteiger partial charge in [0.05, 0.1) is 38.0 Å². The zero-order valence-electron chi connectivity index (χ0n) is 14.4. The standard InChI is InChI=1S/C17H17N3O6/c1-24-14-7-5-4-6-12(14)17(21)19-18-10-11-8-13(20(22)23)16(26-3)15(9-11)25-2/h4-10H,1-3H3,(H,19,21)/b18-10+. The average Bonchev–Trinajstić information content (AvgIpc) is 2.66. The van der Waals surface area contributed by atoms with E-state index in [2.05, 4.69) is 10.5 Å². The Morgan fingerprint density at radius 1 is 1.12 bits per heavy atom. The number of carbonyl (C=O) groups is 1. The number of benzene rings is 2. The summed E-state index contributed by atoms with van der Waals surface area (Å²) < 4.78 is 15.2. The first-order chi connectivity index (χ1) is 12.5. The van der Waals surface area contributed by atoms with Crippen molar-refractivity contribution in [3.63, 3.8) is 0 Å². The summed E-state index contributed by atoms with van der Waals surface area (Å²) in [5.74, 6) is 0.113. The molecule has 9 heteroatoms. The molecular formula is C17H17N3O6. The molecule has 1 amide bonds. The highest BCUT2D eigenvalue weighted by molar-refractivity contribution is 5.97. The molecule has 0 bridgehead atoms. The van der Waals surface area contributed by atoms with E-state index in [0.717, 1.165) is 0 Å². The van der Waals surface area contributed by atoms with E-state index < -0.39 is 10.8 Å². The van der Waals surface area contributed by atoms with Crippen molar-refractivity contribution in [2.24, 2.45) is 5.10 Å². The Morgan fingerprint density at radius 2 is 1.81 bits per heavy atom. The second-order valence-electron chi connectivity index (χ2n) is 4.93. The third-order valence-corrected chi connectivity index (χ3v) is 3.41. The molecule has 0 aliphatic heterocycles. The number of ether oxygens (including phenoxy) is 3. The molecule has 0 aliphatic carbocycles. The van der Waals surface area contributed by atoms with Gasteiger partial charge in [0, 0.05) is 11.6 Å². The zero-order valence-corrected chi connectivity index (χ0v) is 14.4. The topological polar surface area (TPSA) is 112 Å². The smallest absolute Gasteiger partial charge is 0.315 e. The summed E-state index contributed by atoms with van der Waals surface area (Å²) in [5.41, 5.74) is 2.74. The summed E-state index contributed by atoms with van der Waals surface area (Å²) in [5, 5.41) is 15.0. The Bertz CT molecular complexity index is 850. The Balaban J connectivity index is 2.24. The van der Waals surface area contributed by atoms with Crippen LogP contribution in [0.3, 0.4) is 0 Å². The van der Waals surface area contributed by atoms with Gasteiger partial charge in [-0.15, -0.1) is 0 Å². The highest BCUT2D eigenvalue weighted by Gasteiger charge is 2.21. The van der Waals surface area contributed by atoms with E-state index in [4.69, 9.17) is 14.2 Å². The van der Waals surface area contributed by atoms with Gasteiger partial charge in [0.1, 0.15) is 5.75 Å². The first-order valence-corrected chi connectivity index (χ1v) is 7.38. The maximum absolute atomic E-state index is 12.2. The van der Waals surface area contributed by atoms with Gasteiger partial charge in [-0.05, 0) is 18.2 Å². The van der Waals surface area contributed by atoms with Crippen LogP contribution >= 0.6 is 0 Å². The van der Waals surface area contributed by atoms with E-state index in [-0.39, 0.29) is 17.2 Å². The summed E-state index contributed by atoms with van der Waals surface area (Å²) in [6.07, 6.45) is 1.27. The van der Waals surface area contributed by atoms with Gasteiger partial charge in [0.2, 0.25) is 5.75 Å². The second-order valence-corrected chi connectivity index (χ2v) is 4.93. The van der Waals surface area contributed by atoms with Crippen LogP contribution in [0.2, 0.25) is 0 Å². The molecule has 0 unspecified atom stereocenters. The normalized spacial score (nSPS) is 10.4. The number of nitrogens with one attached hydrogen (secondary N) is 1. The predicted octanol–water partition coefficient (Wildman–Crippen LogP) is 2.38. The van der Waals surface area contributed by atoms with Crippen molar-refractivity contribution >= 4 is 17.8 Å². The van der Waals surface area contributed by atoms with Gasteiger partial charge in [0.15, 0.2) is 5.75 Å². The minimum absolute atomic E-state index is 0.00714. The Hall–Kier alpha value is -3.62. The predicted molar refractivity (Wildman–Crippen MR) is 94.3 cm³/mol. The van der Waals surface area contributed by atoms with Crippen LogP contribution in [0.15, 0.2) is 41.5 Å². The fraction of sp³-hybridized carbons (Fsp3) is 0.176. The third-order valence-electron chi connectivity index (χ3n) is 3.41. The lowest BCUT2D eigenvalue weighted by molar-refractivity contribution is -0.385. The van der Waals surface area contributed by atoms with Crippen molar-refractivity contribution in [2.45, 2.75) is 0 Å². The van der Waals surface area contributed by atoms with Gasteiger partial charge in [-0.2, -0.15) is 5.10 Å². The molecule has 0 spiro atoms. The summed E-state index contributed by atoms with van der Waals surface area (Å²) in [4.78, 5) is 22.7. The first kappa shape index (κ1) is 18.7. The lowest BCUT2D eigenvalue weighted by atomic mass is 10.2. The fourth-order valence-corrected chi connectivity index (χ4v) is 2.23. The quantitative estimate of drug-likeness (QED) is 0.461. The molecule has 1 N–H and O–H groups in total. The van der Waals surface area contributed by atoms with Crippen LogP contribution in [0.5, 0.6) is 17.2 Å². The molecular weight excluding hydrogens is 342 g/mol. The molecule has 2 aromatic rings. The van der Waals surface area contributed by atoms with Crippen LogP contribution in [0.4, 0.5) is 5.69 Å². The second kappa shape index (κ2) is 8.47. The Kier molecular flexibility index (Phi) is 6.10. The third kappa shape index (κ3) is 4.07. The molecule has 26 heavy (non-hydrogen) atoms.